The van der Waals surface area contributed by atoms with Crippen molar-refractivity contribution in [2.24, 2.45) is 0 Å². The third-order valence-electron chi connectivity index (χ3n) is 4.56. The van der Waals surface area contributed by atoms with Crippen molar-refractivity contribution >= 4 is 32.3 Å². The Morgan fingerprint density at radius 1 is 0.960 bits per heavy atom. The van der Waals surface area contributed by atoms with Crippen LogP contribution in [-0.2, 0) is 10.0 Å². The summed E-state index contributed by atoms with van der Waals surface area (Å²) in [5, 5.41) is 4.25. The molecule has 0 aliphatic carbocycles. The van der Waals surface area contributed by atoms with E-state index >= 15 is 0 Å². The van der Waals surface area contributed by atoms with Gasteiger partial charge in [-0.2, -0.15) is 0 Å². The van der Waals surface area contributed by atoms with E-state index in [-0.39, 0.29) is 4.90 Å². The summed E-state index contributed by atoms with van der Waals surface area (Å²) < 4.78 is 27.1. The molecule has 0 atom stereocenters. The fourth-order valence-electron chi connectivity index (χ4n) is 3.19. The largest absolute Gasteiger partial charge is 0.399 e. The van der Waals surface area contributed by atoms with Crippen molar-refractivity contribution in [1.82, 2.24) is 9.29 Å². The highest BCUT2D eigenvalue weighted by Crippen LogP contribution is 2.27. The van der Waals surface area contributed by atoms with E-state index in [1.807, 2.05) is 18.2 Å². The average molecular weight is 356 g/mol. The molecule has 6 nitrogen and oxygen atoms in total. The molecule has 4 rings (SSSR count). The fraction of sp³-hybridized carbons (Fsp3) is 0.222. The van der Waals surface area contributed by atoms with Gasteiger partial charge in [0.25, 0.3) is 10.0 Å². The average Bonchev–Trinajstić information content (AvgIpc) is 3.07. The number of nitrogens with two attached hydrogens (primary N) is 1. The van der Waals surface area contributed by atoms with Gasteiger partial charge in [0.15, 0.2) is 0 Å². The van der Waals surface area contributed by atoms with E-state index in [9.17, 15) is 8.42 Å². The first kappa shape index (κ1) is 16.0. The van der Waals surface area contributed by atoms with E-state index < -0.39 is 10.0 Å². The quantitative estimate of drug-likeness (QED) is 0.701. The number of piperazine rings is 1. The van der Waals surface area contributed by atoms with Crippen molar-refractivity contribution < 1.29 is 8.42 Å². The van der Waals surface area contributed by atoms with Gasteiger partial charge in [-0.25, -0.2) is 12.4 Å². The maximum Gasteiger partial charge on any atom is 0.268 e. The maximum absolute atomic E-state index is 12.9. The first-order valence-electron chi connectivity index (χ1n) is 8.24. The number of anilines is 2. The zero-order chi connectivity index (χ0) is 17.4. The fourth-order valence-corrected chi connectivity index (χ4v) is 4.54. The summed E-state index contributed by atoms with van der Waals surface area (Å²) in [5.41, 5.74) is 7.99. The van der Waals surface area contributed by atoms with Gasteiger partial charge < -0.3 is 16.0 Å². The van der Waals surface area contributed by atoms with Crippen LogP contribution < -0.4 is 16.0 Å². The van der Waals surface area contributed by atoms with E-state index in [4.69, 9.17) is 5.73 Å². The highest BCUT2D eigenvalue weighted by molar-refractivity contribution is 7.90. The van der Waals surface area contributed by atoms with Gasteiger partial charge in [-0.05, 0) is 48.5 Å². The lowest BCUT2D eigenvalue weighted by molar-refractivity contribution is 0.589. The lowest BCUT2D eigenvalue weighted by Crippen LogP contribution is -2.43. The van der Waals surface area contributed by atoms with Crippen molar-refractivity contribution in [3.8, 4) is 0 Å². The van der Waals surface area contributed by atoms with Crippen LogP contribution in [0.4, 0.5) is 11.4 Å². The smallest absolute Gasteiger partial charge is 0.268 e. The van der Waals surface area contributed by atoms with Crippen LogP contribution in [0, 0.1) is 0 Å². The van der Waals surface area contributed by atoms with Crippen LogP contribution in [0.1, 0.15) is 0 Å². The summed E-state index contributed by atoms with van der Waals surface area (Å²) in [7, 11) is -3.64. The summed E-state index contributed by atoms with van der Waals surface area (Å²) in [5.74, 6) is 0. The molecule has 0 spiro atoms. The van der Waals surface area contributed by atoms with Gasteiger partial charge in [0.05, 0.1) is 10.4 Å². The Kier molecular flexibility index (Phi) is 3.89. The molecule has 1 aromatic heterocycles. The number of hydrogen-bond acceptors (Lipinski definition) is 5. The molecule has 1 aliphatic rings. The highest BCUT2D eigenvalue weighted by atomic mass is 32.2. The van der Waals surface area contributed by atoms with E-state index in [0.29, 0.717) is 11.2 Å². The molecule has 2 heterocycles. The van der Waals surface area contributed by atoms with Crippen LogP contribution in [0.3, 0.4) is 0 Å². The summed E-state index contributed by atoms with van der Waals surface area (Å²) in [6.45, 7) is 3.83. The molecule has 0 unspecified atom stereocenters. The van der Waals surface area contributed by atoms with Crippen molar-refractivity contribution in [1.29, 1.82) is 0 Å². The van der Waals surface area contributed by atoms with Crippen LogP contribution in [-0.4, -0.2) is 38.6 Å². The number of rotatable bonds is 3. The number of benzene rings is 2. The molecule has 1 saturated heterocycles. The number of aromatic nitrogens is 1. The van der Waals surface area contributed by atoms with Gasteiger partial charge in [0.2, 0.25) is 0 Å². The minimum Gasteiger partial charge on any atom is -0.399 e. The van der Waals surface area contributed by atoms with Gasteiger partial charge in [-0.15, -0.1) is 0 Å². The van der Waals surface area contributed by atoms with Crippen molar-refractivity contribution in [3.63, 3.8) is 0 Å². The molecule has 1 aliphatic heterocycles. The van der Waals surface area contributed by atoms with Gasteiger partial charge in [0.1, 0.15) is 0 Å². The molecule has 7 heteroatoms. The van der Waals surface area contributed by atoms with Crippen molar-refractivity contribution in [2.45, 2.75) is 4.90 Å². The second kappa shape index (κ2) is 6.09. The molecule has 3 N–H and O–H groups in total. The Bertz CT molecular complexity index is 1000. The number of hydrogen-bond donors (Lipinski definition) is 2. The number of fused-ring (bicyclic) bond motifs is 1. The number of nitrogen functional groups attached to an aromatic ring is 1. The monoisotopic (exact) mass is 356 g/mol. The first-order valence-corrected chi connectivity index (χ1v) is 9.68. The Labute approximate surface area is 146 Å². The molecule has 0 radical (unpaired) electrons. The molecule has 25 heavy (non-hydrogen) atoms. The van der Waals surface area contributed by atoms with Crippen LogP contribution in [0.5, 0.6) is 0 Å². The number of nitrogens with one attached hydrogen (secondary N) is 1. The lowest BCUT2D eigenvalue weighted by atomic mass is 10.2. The zero-order valence-electron chi connectivity index (χ0n) is 13.7. The summed E-state index contributed by atoms with van der Waals surface area (Å²) in [6, 6.07) is 14.0. The van der Waals surface area contributed by atoms with E-state index in [2.05, 4.69) is 16.3 Å². The Balaban J connectivity index is 1.74. The molecular weight excluding hydrogens is 336 g/mol. The third kappa shape index (κ3) is 2.85. The highest BCUT2D eigenvalue weighted by Gasteiger charge is 2.19. The van der Waals surface area contributed by atoms with Crippen molar-refractivity contribution in [3.05, 3.63) is 54.7 Å². The van der Waals surface area contributed by atoms with Gasteiger partial charge in [0, 0.05) is 49.1 Å². The number of nitrogens with zero attached hydrogens (tertiary/aromatic N) is 2. The summed E-state index contributed by atoms with van der Waals surface area (Å²) in [6.07, 6.45) is 1.61. The Morgan fingerprint density at radius 3 is 2.40 bits per heavy atom. The van der Waals surface area contributed by atoms with E-state index in [1.54, 1.807) is 18.3 Å². The molecular formula is C18H20N4O2S. The second-order valence-corrected chi connectivity index (χ2v) is 7.98. The predicted octanol–water partition coefficient (Wildman–Crippen LogP) is 1.87. The summed E-state index contributed by atoms with van der Waals surface area (Å²) in [4.78, 5) is 2.53. The third-order valence-corrected chi connectivity index (χ3v) is 6.26. The topological polar surface area (TPSA) is 80.4 Å². The Morgan fingerprint density at radius 2 is 1.68 bits per heavy atom. The Hall–Kier alpha value is -2.51. The first-order chi connectivity index (χ1) is 12.1. The normalized spacial score (nSPS) is 15.6. The molecule has 0 saturated carbocycles. The summed E-state index contributed by atoms with van der Waals surface area (Å²) >= 11 is 0. The van der Waals surface area contributed by atoms with Crippen LogP contribution in [0.15, 0.2) is 59.6 Å². The maximum atomic E-state index is 12.9. The van der Waals surface area contributed by atoms with Crippen LogP contribution >= 0.6 is 0 Å². The zero-order valence-corrected chi connectivity index (χ0v) is 14.5. The van der Waals surface area contributed by atoms with Gasteiger partial charge in [-0.1, -0.05) is 0 Å². The molecule has 130 valence electrons. The molecule has 0 bridgehead atoms. The van der Waals surface area contributed by atoms with Crippen LogP contribution in [0.2, 0.25) is 0 Å². The van der Waals surface area contributed by atoms with E-state index in [0.717, 1.165) is 37.3 Å². The van der Waals surface area contributed by atoms with Crippen LogP contribution in [0.25, 0.3) is 10.9 Å². The molecule has 0 amide bonds. The molecule has 1 fully saturated rings. The van der Waals surface area contributed by atoms with Crippen molar-refractivity contribution in [2.75, 3.05) is 36.8 Å². The predicted molar refractivity (Wildman–Crippen MR) is 100 cm³/mol. The minimum atomic E-state index is -3.64. The lowest BCUT2D eigenvalue weighted by Gasteiger charge is -2.29. The van der Waals surface area contributed by atoms with Gasteiger partial charge in [-0.3, -0.25) is 0 Å². The van der Waals surface area contributed by atoms with E-state index in [1.165, 1.54) is 16.1 Å². The van der Waals surface area contributed by atoms with Gasteiger partial charge >= 0.3 is 0 Å². The molecule has 3 aromatic rings. The molecule has 2 aromatic carbocycles. The minimum absolute atomic E-state index is 0.227. The standard InChI is InChI=1S/C18H20N4O2S/c19-15-1-4-17(5-2-15)25(23,24)22-10-7-14-13-16(3-6-18(14)22)21-11-8-20-9-12-21/h1-7,10,13,20H,8-9,11-12,19H2. The second-order valence-electron chi connectivity index (χ2n) is 6.17. The SMILES string of the molecule is Nc1ccc(S(=O)(=O)n2ccc3cc(N4CCNCC4)ccc32)cc1.